The molecule has 0 aromatic heterocycles. The van der Waals surface area contributed by atoms with Gasteiger partial charge in [-0.3, -0.25) is 0 Å². The van der Waals surface area contributed by atoms with Crippen LogP contribution in [0.2, 0.25) is 0 Å². The molecule has 17 heavy (non-hydrogen) atoms. The Morgan fingerprint density at radius 3 is 2.88 bits per heavy atom. The molecule has 1 aliphatic heterocycles. The molecular weight excluding hydrogens is 235 g/mol. The molecule has 0 saturated carbocycles. The summed E-state index contributed by atoms with van der Waals surface area (Å²) in [4.78, 5) is 2.13. The van der Waals surface area contributed by atoms with E-state index in [1.54, 1.807) is 6.07 Å². The van der Waals surface area contributed by atoms with E-state index >= 15 is 0 Å². The van der Waals surface area contributed by atoms with Crippen molar-refractivity contribution in [3.8, 4) is 0 Å². The van der Waals surface area contributed by atoms with Crippen molar-refractivity contribution in [3.05, 3.63) is 29.6 Å². The summed E-state index contributed by atoms with van der Waals surface area (Å²) in [6.07, 6.45) is 0. The summed E-state index contributed by atoms with van der Waals surface area (Å²) in [6.45, 7) is 5.89. The maximum Gasteiger partial charge on any atom is 0.146 e. The molecule has 0 aliphatic carbocycles. The second-order valence-corrected chi connectivity index (χ2v) is 6.17. The molecule has 2 nitrogen and oxygen atoms in total. The maximum absolute atomic E-state index is 14.0. The van der Waals surface area contributed by atoms with Crippen LogP contribution < -0.4 is 10.6 Å². The van der Waals surface area contributed by atoms with Crippen LogP contribution in [-0.2, 0) is 0 Å². The van der Waals surface area contributed by atoms with Crippen LogP contribution >= 0.6 is 11.8 Å². The predicted octanol–water partition coefficient (Wildman–Crippen LogP) is 2.79. The van der Waals surface area contributed by atoms with Crippen molar-refractivity contribution in [2.45, 2.75) is 25.1 Å². The summed E-state index contributed by atoms with van der Waals surface area (Å²) in [6, 6.07) is 5.23. The summed E-state index contributed by atoms with van der Waals surface area (Å²) >= 11 is 1.95. The van der Waals surface area contributed by atoms with Gasteiger partial charge in [-0.25, -0.2) is 4.39 Å². The lowest BCUT2D eigenvalue weighted by Crippen LogP contribution is -2.37. The third kappa shape index (κ3) is 2.93. The van der Waals surface area contributed by atoms with Crippen molar-refractivity contribution in [2.24, 2.45) is 5.73 Å². The summed E-state index contributed by atoms with van der Waals surface area (Å²) in [7, 11) is 0. The number of anilines is 1. The number of rotatable bonds is 2. The van der Waals surface area contributed by atoms with E-state index in [-0.39, 0.29) is 11.9 Å². The molecule has 1 aromatic rings. The molecule has 0 amide bonds. The van der Waals surface area contributed by atoms with Crippen LogP contribution in [0.4, 0.5) is 10.1 Å². The Bertz CT molecular complexity index is 395. The minimum Gasteiger partial charge on any atom is -0.367 e. The summed E-state index contributed by atoms with van der Waals surface area (Å²) in [5, 5.41) is 0.566. The van der Waals surface area contributed by atoms with Gasteiger partial charge in [-0.15, -0.1) is 0 Å². The van der Waals surface area contributed by atoms with Gasteiger partial charge in [0.05, 0.1) is 5.69 Å². The average molecular weight is 254 g/mol. The van der Waals surface area contributed by atoms with Crippen molar-refractivity contribution < 1.29 is 4.39 Å². The Morgan fingerprint density at radius 1 is 1.53 bits per heavy atom. The first-order chi connectivity index (χ1) is 8.08. The van der Waals surface area contributed by atoms with E-state index in [0.29, 0.717) is 10.9 Å². The van der Waals surface area contributed by atoms with Gasteiger partial charge in [-0.2, -0.15) is 11.8 Å². The maximum atomic E-state index is 14.0. The fourth-order valence-electron chi connectivity index (χ4n) is 2.10. The van der Waals surface area contributed by atoms with Gasteiger partial charge in [-0.05, 0) is 24.6 Å². The largest absolute Gasteiger partial charge is 0.367 e. The van der Waals surface area contributed by atoms with Crippen LogP contribution in [0.15, 0.2) is 18.2 Å². The van der Waals surface area contributed by atoms with E-state index in [1.807, 2.05) is 30.8 Å². The first-order valence-corrected chi connectivity index (χ1v) is 7.04. The molecule has 0 bridgehead atoms. The monoisotopic (exact) mass is 254 g/mol. The molecule has 1 fully saturated rings. The molecule has 0 radical (unpaired) electrons. The first kappa shape index (κ1) is 12.7. The van der Waals surface area contributed by atoms with E-state index in [1.165, 1.54) is 0 Å². The quantitative estimate of drug-likeness (QED) is 0.880. The third-order valence-electron chi connectivity index (χ3n) is 3.08. The lowest BCUT2D eigenvalue weighted by atomic mass is 10.1. The highest BCUT2D eigenvalue weighted by Gasteiger charge is 2.19. The number of nitrogens with two attached hydrogens (primary N) is 1. The fourth-order valence-corrected chi connectivity index (χ4v) is 3.11. The molecule has 1 unspecified atom stereocenters. The van der Waals surface area contributed by atoms with Gasteiger partial charge < -0.3 is 10.6 Å². The van der Waals surface area contributed by atoms with E-state index < -0.39 is 0 Å². The highest BCUT2D eigenvalue weighted by atomic mass is 32.2. The van der Waals surface area contributed by atoms with E-state index in [0.717, 1.165) is 24.4 Å². The van der Waals surface area contributed by atoms with Gasteiger partial charge in [0.1, 0.15) is 5.82 Å². The molecular formula is C13H19FN2S. The lowest BCUT2D eigenvalue weighted by molar-refractivity contribution is 0.611. The standard InChI is InChI=1S/C13H19FN2S/c1-9-8-16(5-6-17-9)13-4-3-11(10(2)15)7-12(13)14/h3-4,7,9-10H,5-6,8,15H2,1-2H3/t9?,10-/m1/s1. The number of hydrogen-bond donors (Lipinski definition) is 1. The van der Waals surface area contributed by atoms with Gasteiger partial charge in [0.15, 0.2) is 0 Å². The van der Waals surface area contributed by atoms with Gasteiger partial charge >= 0.3 is 0 Å². The number of halogens is 1. The Morgan fingerprint density at radius 2 is 2.29 bits per heavy atom. The molecule has 1 aromatic carbocycles. The number of nitrogens with zero attached hydrogens (tertiary/aromatic N) is 1. The summed E-state index contributed by atoms with van der Waals surface area (Å²) in [5.41, 5.74) is 7.31. The van der Waals surface area contributed by atoms with Crippen molar-refractivity contribution in [3.63, 3.8) is 0 Å². The SMILES string of the molecule is CC1CN(c2ccc([C@@H](C)N)cc2F)CCS1. The summed E-state index contributed by atoms with van der Waals surface area (Å²) in [5.74, 6) is 0.911. The zero-order valence-corrected chi connectivity index (χ0v) is 11.1. The molecule has 0 spiro atoms. The highest BCUT2D eigenvalue weighted by Crippen LogP contribution is 2.27. The molecule has 1 saturated heterocycles. The van der Waals surface area contributed by atoms with Crippen LogP contribution in [0.1, 0.15) is 25.5 Å². The van der Waals surface area contributed by atoms with Crippen LogP contribution in [-0.4, -0.2) is 24.1 Å². The smallest absolute Gasteiger partial charge is 0.146 e. The van der Waals surface area contributed by atoms with Crippen molar-refractivity contribution in [1.29, 1.82) is 0 Å². The zero-order chi connectivity index (χ0) is 12.4. The van der Waals surface area contributed by atoms with Crippen molar-refractivity contribution in [1.82, 2.24) is 0 Å². The predicted molar refractivity (Wildman–Crippen MR) is 73.1 cm³/mol. The van der Waals surface area contributed by atoms with E-state index in [9.17, 15) is 4.39 Å². The minimum absolute atomic E-state index is 0.116. The molecule has 1 heterocycles. The highest BCUT2D eigenvalue weighted by molar-refractivity contribution is 8.00. The fraction of sp³-hybridized carbons (Fsp3) is 0.538. The number of hydrogen-bond acceptors (Lipinski definition) is 3. The topological polar surface area (TPSA) is 29.3 Å². The molecule has 1 aliphatic rings. The third-order valence-corrected chi connectivity index (χ3v) is 4.22. The Kier molecular flexibility index (Phi) is 3.94. The van der Waals surface area contributed by atoms with Crippen LogP contribution in [0, 0.1) is 5.82 Å². The second kappa shape index (κ2) is 5.27. The molecule has 2 N–H and O–H groups in total. The van der Waals surface area contributed by atoms with Gasteiger partial charge in [0.25, 0.3) is 0 Å². The molecule has 4 heteroatoms. The Balaban J connectivity index is 2.21. The van der Waals surface area contributed by atoms with Gasteiger partial charge in [0.2, 0.25) is 0 Å². The molecule has 2 atom stereocenters. The second-order valence-electron chi connectivity index (χ2n) is 4.63. The van der Waals surface area contributed by atoms with Gasteiger partial charge in [-0.1, -0.05) is 13.0 Å². The molecule has 2 rings (SSSR count). The van der Waals surface area contributed by atoms with E-state index in [2.05, 4.69) is 11.8 Å². The average Bonchev–Trinajstić information content (AvgIpc) is 2.28. The lowest BCUT2D eigenvalue weighted by Gasteiger charge is -2.32. The zero-order valence-electron chi connectivity index (χ0n) is 10.3. The Labute approximate surface area is 106 Å². The minimum atomic E-state index is -0.154. The molecule has 94 valence electrons. The first-order valence-electron chi connectivity index (χ1n) is 5.99. The number of thioether (sulfide) groups is 1. The van der Waals surface area contributed by atoms with Crippen LogP contribution in [0.5, 0.6) is 0 Å². The number of benzene rings is 1. The normalized spacial score (nSPS) is 22.6. The van der Waals surface area contributed by atoms with Crippen molar-refractivity contribution >= 4 is 17.4 Å². The summed E-state index contributed by atoms with van der Waals surface area (Å²) < 4.78 is 14.0. The van der Waals surface area contributed by atoms with E-state index in [4.69, 9.17) is 5.73 Å². The van der Waals surface area contributed by atoms with Crippen LogP contribution in [0.25, 0.3) is 0 Å². The Hall–Kier alpha value is -0.740. The van der Waals surface area contributed by atoms with Crippen molar-refractivity contribution in [2.75, 3.05) is 23.7 Å². The van der Waals surface area contributed by atoms with Gasteiger partial charge in [0, 0.05) is 30.1 Å². The van der Waals surface area contributed by atoms with Crippen LogP contribution in [0.3, 0.4) is 0 Å².